The molecule has 2 atom stereocenters. The van der Waals surface area contributed by atoms with Gasteiger partial charge in [0, 0.05) is 26.1 Å². The summed E-state index contributed by atoms with van der Waals surface area (Å²) in [5.74, 6) is 0.0930. The van der Waals surface area contributed by atoms with Crippen LogP contribution in [-0.4, -0.2) is 65.5 Å². The van der Waals surface area contributed by atoms with Crippen molar-refractivity contribution in [3.8, 4) is 28.8 Å². The van der Waals surface area contributed by atoms with Gasteiger partial charge in [0.05, 0.1) is 47.0 Å². The first-order valence-corrected chi connectivity index (χ1v) is 17.7. The lowest BCUT2D eigenvalue weighted by Crippen LogP contribution is -2.43. The molecular formula is C39H37ClF5N5O4. The van der Waals surface area contributed by atoms with Gasteiger partial charge in [0.2, 0.25) is 0 Å². The minimum Gasteiger partial charge on any atom is -0.497 e. The molecule has 0 amide bonds. The lowest BCUT2D eigenvalue weighted by molar-refractivity contribution is -0.137. The van der Waals surface area contributed by atoms with E-state index in [2.05, 4.69) is 15.0 Å². The maximum absolute atomic E-state index is 16.8. The van der Waals surface area contributed by atoms with Crippen molar-refractivity contribution in [1.82, 2.24) is 19.9 Å². The number of nitrogens with zero attached hydrogens (tertiary/aromatic N) is 4. The van der Waals surface area contributed by atoms with Gasteiger partial charge in [0.25, 0.3) is 11.6 Å². The summed E-state index contributed by atoms with van der Waals surface area (Å²) in [4.78, 5) is 28.1. The summed E-state index contributed by atoms with van der Waals surface area (Å²) < 4.78 is 92.2. The Bertz CT molecular complexity index is 2190. The lowest BCUT2D eigenvalue weighted by atomic mass is 9.95. The quantitative estimate of drug-likeness (QED) is 0.134. The number of H-pyrrole nitrogens is 1. The summed E-state index contributed by atoms with van der Waals surface area (Å²) in [6, 6.07) is 16.4. The number of rotatable bonds is 11. The molecule has 2 saturated heterocycles. The Morgan fingerprint density at radius 3 is 2.22 bits per heavy atom. The van der Waals surface area contributed by atoms with E-state index in [1.807, 2.05) is 29.2 Å². The van der Waals surface area contributed by atoms with Gasteiger partial charge in [0.1, 0.15) is 35.6 Å². The summed E-state index contributed by atoms with van der Waals surface area (Å²) in [5.41, 5.74) is -3.19. The van der Waals surface area contributed by atoms with Gasteiger partial charge < -0.3 is 19.1 Å². The van der Waals surface area contributed by atoms with Gasteiger partial charge in [-0.2, -0.15) is 18.2 Å². The van der Waals surface area contributed by atoms with Crippen molar-refractivity contribution in [3.05, 3.63) is 104 Å². The van der Waals surface area contributed by atoms with E-state index in [1.165, 1.54) is 13.0 Å². The molecule has 5 aromatic rings. The highest BCUT2D eigenvalue weighted by Gasteiger charge is 2.49. The molecule has 54 heavy (non-hydrogen) atoms. The molecule has 1 N–H and O–H groups in total. The highest BCUT2D eigenvalue weighted by atomic mass is 35.5. The van der Waals surface area contributed by atoms with Crippen molar-refractivity contribution in [2.75, 3.05) is 38.8 Å². The van der Waals surface area contributed by atoms with Gasteiger partial charge in [-0.1, -0.05) is 35.9 Å². The second kappa shape index (κ2) is 14.7. The highest BCUT2D eigenvalue weighted by molar-refractivity contribution is 6.34. The Balaban J connectivity index is 1.33. The minimum atomic E-state index is -4.97. The van der Waals surface area contributed by atoms with Gasteiger partial charge >= 0.3 is 6.18 Å². The number of methoxy groups -OCH3 is 2. The first-order valence-electron chi connectivity index (χ1n) is 17.3. The molecule has 0 spiro atoms. The van der Waals surface area contributed by atoms with Crippen LogP contribution in [0, 0.1) is 12.7 Å². The van der Waals surface area contributed by atoms with Crippen molar-refractivity contribution < 1.29 is 36.2 Å². The fraction of sp³-hybridized carbons (Fsp3) is 0.359. The number of anilines is 1. The largest absolute Gasteiger partial charge is 0.497 e. The van der Waals surface area contributed by atoms with Crippen molar-refractivity contribution in [2.45, 2.75) is 57.2 Å². The van der Waals surface area contributed by atoms with E-state index in [0.717, 1.165) is 23.6 Å². The summed E-state index contributed by atoms with van der Waals surface area (Å²) >= 11 is 6.56. The monoisotopic (exact) mass is 769 g/mol. The molecule has 15 heteroatoms. The van der Waals surface area contributed by atoms with E-state index in [9.17, 15) is 22.4 Å². The number of benzene rings is 3. The van der Waals surface area contributed by atoms with Crippen molar-refractivity contribution in [2.24, 2.45) is 0 Å². The SMILES string of the molecule is COc1ccc(CN(Cc2ccc(OC)cc2)c2cc(C)c(C(F)(F)F)c(-c3c(Cl)cc4c(=O)[nH]c(OC[C@@]56CCCN5C[C@H](F)C6)nc4c3F)n2)cc1. The zero-order chi connectivity index (χ0) is 38.4. The molecular weight excluding hydrogens is 733 g/mol. The van der Waals surface area contributed by atoms with E-state index >= 15 is 4.39 Å². The lowest BCUT2D eigenvalue weighted by Gasteiger charge is -2.30. The molecule has 2 fully saturated rings. The van der Waals surface area contributed by atoms with Crippen LogP contribution in [0.5, 0.6) is 17.5 Å². The number of halogens is 6. The summed E-state index contributed by atoms with van der Waals surface area (Å²) in [6.45, 7) is 2.65. The fourth-order valence-electron chi connectivity index (χ4n) is 7.60. The van der Waals surface area contributed by atoms with Gasteiger partial charge in [-0.15, -0.1) is 0 Å². The molecule has 4 heterocycles. The summed E-state index contributed by atoms with van der Waals surface area (Å²) in [5, 5.41) is -0.756. The average molecular weight is 770 g/mol. The number of aromatic nitrogens is 3. The number of nitrogens with one attached hydrogen (secondary N) is 1. The number of hydrogen-bond acceptors (Lipinski definition) is 8. The first-order chi connectivity index (χ1) is 25.8. The number of hydrogen-bond donors (Lipinski definition) is 1. The number of ether oxygens (including phenoxy) is 3. The number of aromatic amines is 1. The predicted molar refractivity (Wildman–Crippen MR) is 195 cm³/mol. The zero-order valence-electron chi connectivity index (χ0n) is 29.7. The van der Waals surface area contributed by atoms with Crippen LogP contribution < -0.4 is 24.7 Å². The van der Waals surface area contributed by atoms with Crippen LogP contribution in [0.4, 0.5) is 27.8 Å². The summed E-state index contributed by atoms with van der Waals surface area (Å²) in [7, 11) is 3.08. The fourth-order valence-corrected chi connectivity index (χ4v) is 7.88. The van der Waals surface area contributed by atoms with E-state index < -0.39 is 56.6 Å². The van der Waals surface area contributed by atoms with E-state index in [-0.39, 0.29) is 55.4 Å². The Kier molecular flexibility index (Phi) is 10.2. The minimum absolute atomic E-state index is 0.0107. The van der Waals surface area contributed by atoms with E-state index in [4.69, 9.17) is 25.8 Å². The Morgan fingerprint density at radius 2 is 1.63 bits per heavy atom. The third-order valence-electron chi connectivity index (χ3n) is 10.2. The third kappa shape index (κ3) is 7.28. The van der Waals surface area contributed by atoms with Crippen LogP contribution in [0.25, 0.3) is 22.2 Å². The first kappa shape index (κ1) is 37.4. The maximum Gasteiger partial charge on any atom is 0.418 e. The zero-order valence-corrected chi connectivity index (χ0v) is 30.5. The van der Waals surface area contributed by atoms with Crippen LogP contribution in [0.3, 0.4) is 0 Å². The Labute approximate surface area is 312 Å². The third-order valence-corrected chi connectivity index (χ3v) is 10.5. The smallest absolute Gasteiger partial charge is 0.418 e. The molecule has 7 rings (SSSR count). The van der Waals surface area contributed by atoms with Crippen LogP contribution in [0.1, 0.15) is 41.5 Å². The van der Waals surface area contributed by atoms with Gasteiger partial charge in [0.15, 0.2) is 5.82 Å². The van der Waals surface area contributed by atoms with Crippen molar-refractivity contribution in [3.63, 3.8) is 0 Å². The summed E-state index contributed by atoms with van der Waals surface area (Å²) in [6.07, 6.45) is -4.23. The molecule has 284 valence electrons. The normalized spacial score (nSPS) is 18.6. The molecule has 0 unspecified atom stereocenters. The second-order valence-electron chi connectivity index (χ2n) is 13.7. The number of fused-ring (bicyclic) bond motifs is 2. The van der Waals surface area contributed by atoms with Gasteiger partial charge in [-0.05, 0) is 79.4 Å². The Morgan fingerprint density at radius 1 is 1.00 bits per heavy atom. The van der Waals surface area contributed by atoms with E-state index in [0.29, 0.717) is 24.5 Å². The molecule has 2 aliphatic rings. The van der Waals surface area contributed by atoms with Gasteiger partial charge in [-0.25, -0.2) is 13.8 Å². The highest BCUT2D eigenvalue weighted by Crippen LogP contribution is 2.45. The van der Waals surface area contributed by atoms with Crippen molar-refractivity contribution >= 4 is 28.3 Å². The van der Waals surface area contributed by atoms with Crippen LogP contribution in [0.15, 0.2) is 65.5 Å². The molecule has 0 bridgehead atoms. The second-order valence-corrected chi connectivity index (χ2v) is 14.2. The predicted octanol–water partition coefficient (Wildman–Crippen LogP) is 8.28. The molecule has 3 aromatic carbocycles. The molecule has 2 aliphatic heterocycles. The maximum atomic E-state index is 16.8. The average Bonchev–Trinajstić information content (AvgIpc) is 3.66. The molecule has 2 aromatic heterocycles. The standard InChI is InChI=1S/C39H37ClF5N5O4/c1-22-15-30(49(18-23-5-9-26(52-2)10-6-23)19-24-7-11-27(53-3)12-8-24)46-35(32(22)39(43,44)45)31-29(40)16-28-34(33(31)42)47-37(48-36(28)51)54-21-38-13-4-14-50(38)20-25(41)17-38/h5-12,15-16,25H,4,13-14,17-21H2,1-3H3,(H,47,48,51)/t25-,38+/m1/s1. The molecule has 0 radical (unpaired) electrons. The van der Waals surface area contributed by atoms with E-state index in [1.54, 1.807) is 43.4 Å². The number of aryl methyl sites for hydroxylation is 1. The Hall–Kier alpha value is -4.95. The van der Waals surface area contributed by atoms with Crippen LogP contribution in [-0.2, 0) is 19.3 Å². The molecule has 0 aliphatic carbocycles. The topological polar surface area (TPSA) is 92.8 Å². The molecule has 0 saturated carbocycles. The van der Waals surface area contributed by atoms with Crippen LogP contribution in [0.2, 0.25) is 5.02 Å². The van der Waals surface area contributed by atoms with Crippen molar-refractivity contribution in [1.29, 1.82) is 0 Å². The number of pyridine rings is 1. The molecule has 9 nitrogen and oxygen atoms in total. The van der Waals surface area contributed by atoms with Gasteiger partial charge in [-0.3, -0.25) is 14.7 Å². The number of alkyl halides is 4. The van der Waals surface area contributed by atoms with Crippen LogP contribution >= 0.6 is 11.6 Å².